The fourth-order valence-corrected chi connectivity index (χ4v) is 3.63. The first-order chi connectivity index (χ1) is 9.54. The lowest BCUT2D eigenvalue weighted by molar-refractivity contribution is 0.806. The molecule has 2 rings (SSSR count). The maximum absolute atomic E-state index is 4.80. The molecule has 0 amide bonds. The standard InChI is InChI=1S/C17H22N2Si/c1-20(2,3)14-17(15-9-5-4-6-10-15)19-13-16-11-7-8-12-18-16/h4-13,17H,14H2,1-3H3/b19-13+. The maximum atomic E-state index is 4.80. The van der Waals surface area contributed by atoms with Crippen molar-refractivity contribution in [3.8, 4) is 0 Å². The van der Waals surface area contributed by atoms with Crippen molar-refractivity contribution in [2.24, 2.45) is 4.99 Å². The number of aromatic nitrogens is 1. The molecule has 0 fully saturated rings. The third-order valence-electron chi connectivity index (χ3n) is 3.06. The molecule has 104 valence electrons. The van der Waals surface area contributed by atoms with Gasteiger partial charge in [-0.3, -0.25) is 9.98 Å². The van der Waals surface area contributed by atoms with Gasteiger partial charge < -0.3 is 0 Å². The highest BCUT2D eigenvalue weighted by molar-refractivity contribution is 6.76. The van der Waals surface area contributed by atoms with Crippen molar-refractivity contribution >= 4 is 14.3 Å². The van der Waals surface area contributed by atoms with E-state index < -0.39 is 8.07 Å². The van der Waals surface area contributed by atoms with E-state index in [1.165, 1.54) is 5.56 Å². The van der Waals surface area contributed by atoms with E-state index in [0.717, 1.165) is 11.7 Å². The van der Waals surface area contributed by atoms with Crippen LogP contribution in [0.2, 0.25) is 25.7 Å². The van der Waals surface area contributed by atoms with E-state index in [9.17, 15) is 0 Å². The molecule has 0 bridgehead atoms. The summed E-state index contributed by atoms with van der Waals surface area (Å²) in [4.78, 5) is 9.10. The van der Waals surface area contributed by atoms with Crippen molar-refractivity contribution in [3.63, 3.8) is 0 Å². The molecule has 1 atom stereocenters. The van der Waals surface area contributed by atoms with Gasteiger partial charge in [-0.15, -0.1) is 0 Å². The molecule has 0 saturated carbocycles. The number of benzene rings is 1. The summed E-state index contributed by atoms with van der Waals surface area (Å²) in [6, 6.07) is 17.9. The van der Waals surface area contributed by atoms with Gasteiger partial charge in [0, 0.05) is 20.5 Å². The van der Waals surface area contributed by atoms with Crippen molar-refractivity contribution in [1.82, 2.24) is 4.98 Å². The summed E-state index contributed by atoms with van der Waals surface area (Å²) >= 11 is 0. The summed E-state index contributed by atoms with van der Waals surface area (Å²) in [5.74, 6) is 0. The zero-order valence-electron chi connectivity index (χ0n) is 12.5. The van der Waals surface area contributed by atoms with Gasteiger partial charge in [-0.1, -0.05) is 56.0 Å². The first-order valence-corrected chi connectivity index (χ1v) is 10.7. The van der Waals surface area contributed by atoms with E-state index in [4.69, 9.17) is 4.99 Å². The van der Waals surface area contributed by atoms with Gasteiger partial charge in [0.2, 0.25) is 0 Å². The largest absolute Gasteiger partial charge is 0.283 e. The number of nitrogens with zero attached hydrogens (tertiary/aromatic N) is 2. The number of hydrogen-bond donors (Lipinski definition) is 0. The Kier molecular flexibility index (Phi) is 4.85. The van der Waals surface area contributed by atoms with Crippen molar-refractivity contribution < 1.29 is 0 Å². The smallest absolute Gasteiger partial charge is 0.0808 e. The predicted molar refractivity (Wildman–Crippen MR) is 89.2 cm³/mol. The third-order valence-corrected chi connectivity index (χ3v) is 4.68. The highest BCUT2D eigenvalue weighted by Crippen LogP contribution is 2.27. The summed E-state index contributed by atoms with van der Waals surface area (Å²) in [7, 11) is -1.18. The van der Waals surface area contributed by atoms with E-state index in [0.29, 0.717) is 0 Å². The summed E-state index contributed by atoms with van der Waals surface area (Å²) < 4.78 is 0. The molecular formula is C17H22N2Si. The van der Waals surface area contributed by atoms with Gasteiger partial charge in [-0.05, 0) is 23.7 Å². The summed E-state index contributed by atoms with van der Waals surface area (Å²) in [5.41, 5.74) is 2.21. The molecule has 1 aromatic carbocycles. The van der Waals surface area contributed by atoms with Crippen LogP contribution in [0.15, 0.2) is 59.7 Å². The Morgan fingerprint density at radius 1 is 1.05 bits per heavy atom. The Balaban J connectivity index is 2.21. The zero-order valence-corrected chi connectivity index (χ0v) is 13.5. The Hall–Kier alpha value is -1.74. The Morgan fingerprint density at radius 3 is 2.35 bits per heavy atom. The number of rotatable bonds is 5. The maximum Gasteiger partial charge on any atom is 0.0808 e. The molecule has 20 heavy (non-hydrogen) atoms. The van der Waals surface area contributed by atoms with E-state index in [2.05, 4.69) is 55.0 Å². The number of pyridine rings is 1. The molecule has 0 saturated heterocycles. The summed E-state index contributed by atoms with van der Waals surface area (Å²) in [5, 5.41) is 0. The second-order valence-electron chi connectivity index (χ2n) is 6.22. The van der Waals surface area contributed by atoms with Crippen molar-refractivity contribution in [1.29, 1.82) is 0 Å². The van der Waals surface area contributed by atoms with Crippen LogP contribution in [0.3, 0.4) is 0 Å². The minimum Gasteiger partial charge on any atom is -0.283 e. The molecular weight excluding hydrogens is 260 g/mol. The average Bonchev–Trinajstić information content (AvgIpc) is 2.44. The van der Waals surface area contributed by atoms with Crippen LogP contribution in [0.5, 0.6) is 0 Å². The van der Waals surface area contributed by atoms with E-state index in [1.807, 2.05) is 24.4 Å². The monoisotopic (exact) mass is 282 g/mol. The third kappa shape index (κ3) is 4.74. The number of aliphatic imine (C=N–C) groups is 1. The van der Waals surface area contributed by atoms with Gasteiger partial charge in [0.15, 0.2) is 0 Å². The quantitative estimate of drug-likeness (QED) is 0.582. The van der Waals surface area contributed by atoms with Crippen LogP contribution in [0, 0.1) is 0 Å². The normalized spacial score (nSPS) is 13.6. The van der Waals surface area contributed by atoms with Crippen LogP contribution in [0.4, 0.5) is 0 Å². The lowest BCUT2D eigenvalue weighted by atomic mass is 10.1. The molecule has 0 N–H and O–H groups in total. The Bertz CT molecular complexity index is 544. The predicted octanol–water partition coefficient (Wildman–Crippen LogP) is 4.58. The molecule has 0 aliphatic heterocycles. The highest BCUT2D eigenvalue weighted by Gasteiger charge is 2.20. The van der Waals surface area contributed by atoms with Gasteiger partial charge in [0.25, 0.3) is 0 Å². The molecule has 0 spiro atoms. The summed E-state index contributed by atoms with van der Waals surface area (Å²) in [6.07, 6.45) is 3.70. The van der Waals surface area contributed by atoms with E-state index in [-0.39, 0.29) is 6.04 Å². The minimum atomic E-state index is -1.18. The molecule has 1 unspecified atom stereocenters. The van der Waals surface area contributed by atoms with Crippen molar-refractivity contribution in [2.75, 3.05) is 0 Å². The van der Waals surface area contributed by atoms with Crippen LogP contribution >= 0.6 is 0 Å². The van der Waals surface area contributed by atoms with Crippen LogP contribution in [0.25, 0.3) is 0 Å². The Morgan fingerprint density at radius 2 is 1.75 bits per heavy atom. The Labute approximate surface area is 122 Å². The average molecular weight is 282 g/mol. The summed E-state index contributed by atoms with van der Waals surface area (Å²) in [6.45, 7) is 7.16. The van der Waals surface area contributed by atoms with Crippen molar-refractivity contribution in [3.05, 3.63) is 66.0 Å². The molecule has 1 aromatic heterocycles. The van der Waals surface area contributed by atoms with Gasteiger partial charge in [-0.2, -0.15) is 0 Å². The van der Waals surface area contributed by atoms with Crippen molar-refractivity contribution in [2.45, 2.75) is 31.7 Å². The van der Waals surface area contributed by atoms with Crippen LogP contribution < -0.4 is 0 Å². The zero-order chi connectivity index (χ0) is 14.4. The molecule has 2 aromatic rings. The minimum absolute atomic E-state index is 0.241. The van der Waals surface area contributed by atoms with Crippen LogP contribution in [0.1, 0.15) is 17.3 Å². The molecule has 0 aliphatic carbocycles. The molecule has 0 aliphatic rings. The lowest BCUT2D eigenvalue weighted by Gasteiger charge is -2.22. The molecule has 1 heterocycles. The fraction of sp³-hybridized carbons (Fsp3) is 0.294. The van der Waals surface area contributed by atoms with Gasteiger partial charge in [-0.25, -0.2) is 0 Å². The fourth-order valence-electron chi connectivity index (χ4n) is 2.13. The first-order valence-electron chi connectivity index (χ1n) is 7.04. The van der Waals surface area contributed by atoms with Crippen LogP contribution in [-0.4, -0.2) is 19.3 Å². The SMILES string of the molecule is C[Si](C)(C)CC(/N=C/c1ccccn1)c1ccccc1. The van der Waals surface area contributed by atoms with E-state index >= 15 is 0 Å². The van der Waals surface area contributed by atoms with Gasteiger partial charge in [0.1, 0.15) is 0 Å². The van der Waals surface area contributed by atoms with E-state index in [1.54, 1.807) is 6.20 Å². The highest BCUT2D eigenvalue weighted by atomic mass is 28.3. The molecule has 2 nitrogen and oxygen atoms in total. The second kappa shape index (κ2) is 6.62. The number of hydrogen-bond acceptors (Lipinski definition) is 2. The first kappa shape index (κ1) is 14.7. The van der Waals surface area contributed by atoms with Gasteiger partial charge >= 0.3 is 0 Å². The van der Waals surface area contributed by atoms with Crippen LogP contribution in [-0.2, 0) is 0 Å². The lowest BCUT2D eigenvalue weighted by Crippen LogP contribution is -2.22. The topological polar surface area (TPSA) is 25.2 Å². The molecule has 3 heteroatoms. The second-order valence-corrected chi connectivity index (χ2v) is 11.8. The van der Waals surface area contributed by atoms with Gasteiger partial charge in [0.05, 0.1) is 11.7 Å². The molecule has 0 radical (unpaired) electrons.